The van der Waals surface area contributed by atoms with E-state index in [1.54, 1.807) is 0 Å². The zero-order valence-corrected chi connectivity index (χ0v) is 15.2. The topological polar surface area (TPSA) is 70.2 Å². The van der Waals surface area contributed by atoms with Crippen LogP contribution in [0.15, 0.2) is 24.3 Å². The molecule has 134 valence electrons. The van der Waals surface area contributed by atoms with Gasteiger partial charge in [0.25, 0.3) is 0 Å². The number of amides is 2. The highest BCUT2D eigenvalue weighted by atomic mass is 35.5. The summed E-state index contributed by atoms with van der Waals surface area (Å²) in [6.45, 7) is 5.32. The Kier molecular flexibility index (Phi) is 8.79. The molecule has 24 heavy (non-hydrogen) atoms. The van der Waals surface area contributed by atoms with Gasteiger partial charge in [-0.1, -0.05) is 26.0 Å². The molecule has 0 radical (unpaired) electrons. The molecule has 6 heteroatoms. The van der Waals surface area contributed by atoms with Crippen molar-refractivity contribution in [3.05, 3.63) is 29.8 Å². The van der Waals surface area contributed by atoms with Gasteiger partial charge in [-0.05, 0) is 43.5 Å². The van der Waals surface area contributed by atoms with Crippen LogP contribution in [-0.2, 0) is 16.1 Å². The van der Waals surface area contributed by atoms with Crippen LogP contribution in [0, 0.1) is 5.92 Å². The van der Waals surface area contributed by atoms with E-state index in [1.165, 1.54) is 12.8 Å². The molecule has 0 aliphatic carbocycles. The predicted molar refractivity (Wildman–Crippen MR) is 99.3 cm³/mol. The number of benzene rings is 1. The fraction of sp³-hybridized carbons (Fsp3) is 0.556. The van der Waals surface area contributed by atoms with Gasteiger partial charge in [-0.3, -0.25) is 9.59 Å². The first-order valence-corrected chi connectivity index (χ1v) is 8.44. The highest BCUT2D eigenvalue weighted by molar-refractivity contribution is 5.92. The number of rotatable bonds is 7. The van der Waals surface area contributed by atoms with Crippen molar-refractivity contribution in [2.45, 2.75) is 52.1 Å². The number of hydrogen-bond acceptors (Lipinski definition) is 3. The van der Waals surface area contributed by atoms with Gasteiger partial charge in [0.05, 0.1) is 0 Å². The quantitative estimate of drug-likeness (QED) is 0.706. The molecule has 1 aromatic rings. The zero-order chi connectivity index (χ0) is 16.7. The van der Waals surface area contributed by atoms with E-state index in [9.17, 15) is 9.59 Å². The van der Waals surface area contributed by atoms with Crippen molar-refractivity contribution in [3.63, 3.8) is 0 Å². The number of carbonyl (C=O) groups is 2. The number of halogens is 1. The van der Waals surface area contributed by atoms with Crippen LogP contribution < -0.4 is 16.0 Å². The van der Waals surface area contributed by atoms with E-state index >= 15 is 0 Å². The summed E-state index contributed by atoms with van der Waals surface area (Å²) in [6, 6.07) is 8.09. The molecule has 1 fully saturated rings. The standard InChI is InChI=1S/C18H27N3O2.ClH/c1-13(2)18(23)21-16-7-5-14(6-8-16)12-20-17(22)10-9-15-4-3-11-19-15;/h5-8,13,15,19H,3-4,9-12H2,1-2H3,(H,20,22)(H,21,23);1H. The maximum atomic E-state index is 11.9. The normalized spacial score (nSPS) is 16.5. The second kappa shape index (κ2) is 10.3. The molecule has 1 saturated heterocycles. The zero-order valence-electron chi connectivity index (χ0n) is 14.4. The van der Waals surface area contributed by atoms with Crippen LogP contribution in [0.1, 0.15) is 45.1 Å². The molecule has 2 amide bonds. The van der Waals surface area contributed by atoms with Gasteiger partial charge in [0, 0.05) is 30.6 Å². The summed E-state index contributed by atoms with van der Waals surface area (Å²) in [7, 11) is 0. The molecule has 1 heterocycles. The van der Waals surface area contributed by atoms with Crippen molar-refractivity contribution in [3.8, 4) is 0 Å². The second-order valence-electron chi connectivity index (χ2n) is 6.45. The minimum absolute atomic E-state index is 0. The molecule has 1 aliphatic rings. The Morgan fingerprint density at radius 1 is 1.25 bits per heavy atom. The maximum absolute atomic E-state index is 11.9. The van der Waals surface area contributed by atoms with E-state index in [-0.39, 0.29) is 30.1 Å². The molecule has 0 aromatic heterocycles. The third kappa shape index (κ3) is 6.89. The third-order valence-electron chi connectivity index (χ3n) is 4.12. The number of anilines is 1. The van der Waals surface area contributed by atoms with Crippen LogP contribution in [-0.4, -0.2) is 24.4 Å². The molecule has 1 atom stereocenters. The first kappa shape index (κ1) is 20.5. The van der Waals surface area contributed by atoms with Crippen LogP contribution in [0.4, 0.5) is 5.69 Å². The molecule has 1 aliphatic heterocycles. The lowest BCUT2D eigenvalue weighted by Crippen LogP contribution is -2.27. The summed E-state index contributed by atoms with van der Waals surface area (Å²) < 4.78 is 0. The SMILES string of the molecule is CC(C)C(=O)Nc1ccc(CNC(=O)CCC2CCCN2)cc1.Cl. The minimum Gasteiger partial charge on any atom is -0.352 e. The van der Waals surface area contributed by atoms with E-state index in [0.29, 0.717) is 19.0 Å². The van der Waals surface area contributed by atoms with Crippen molar-refractivity contribution < 1.29 is 9.59 Å². The fourth-order valence-corrected chi connectivity index (χ4v) is 2.59. The molecule has 1 aromatic carbocycles. The van der Waals surface area contributed by atoms with E-state index in [0.717, 1.165) is 24.2 Å². The Bertz CT molecular complexity index is 526. The Balaban J connectivity index is 0.00000288. The molecule has 0 spiro atoms. The smallest absolute Gasteiger partial charge is 0.226 e. The molecule has 2 rings (SSSR count). The summed E-state index contributed by atoms with van der Waals surface area (Å²) in [6.07, 6.45) is 3.87. The van der Waals surface area contributed by atoms with Crippen molar-refractivity contribution in [2.75, 3.05) is 11.9 Å². The van der Waals surface area contributed by atoms with Crippen molar-refractivity contribution >= 4 is 29.9 Å². The van der Waals surface area contributed by atoms with Gasteiger partial charge in [0.1, 0.15) is 0 Å². The fourth-order valence-electron chi connectivity index (χ4n) is 2.59. The van der Waals surface area contributed by atoms with Crippen molar-refractivity contribution in [1.29, 1.82) is 0 Å². The van der Waals surface area contributed by atoms with Crippen molar-refractivity contribution in [1.82, 2.24) is 10.6 Å². The molecule has 0 bridgehead atoms. The van der Waals surface area contributed by atoms with E-state index in [2.05, 4.69) is 16.0 Å². The summed E-state index contributed by atoms with van der Waals surface area (Å²) in [5, 5.41) is 9.20. The summed E-state index contributed by atoms with van der Waals surface area (Å²) >= 11 is 0. The lowest BCUT2D eigenvalue weighted by atomic mass is 10.1. The van der Waals surface area contributed by atoms with Crippen LogP contribution in [0.5, 0.6) is 0 Å². The number of nitrogens with one attached hydrogen (secondary N) is 3. The molecular weight excluding hydrogens is 326 g/mol. The predicted octanol–water partition coefficient (Wildman–Crippen LogP) is 2.85. The maximum Gasteiger partial charge on any atom is 0.226 e. The van der Waals surface area contributed by atoms with Gasteiger partial charge in [-0.2, -0.15) is 0 Å². The van der Waals surface area contributed by atoms with Crippen LogP contribution in [0.2, 0.25) is 0 Å². The molecular formula is C18H28ClN3O2. The molecule has 5 nitrogen and oxygen atoms in total. The second-order valence-corrected chi connectivity index (χ2v) is 6.45. The first-order valence-electron chi connectivity index (χ1n) is 8.44. The first-order chi connectivity index (χ1) is 11.0. The largest absolute Gasteiger partial charge is 0.352 e. The van der Waals surface area contributed by atoms with Crippen molar-refractivity contribution in [2.24, 2.45) is 5.92 Å². The Morgan fingerprint density at radius 3 is 2.54 bits per heavy atom. The van der Waals surface area contributed by atoms with Gasteiger partial charge in [-0.15, -0.1) is 12.4 Å². The Hall–Kier alpha value is -1.59. The molecule has 3 N–H and O–H groups in total. The van der Waals surface area contributed by atoms with Crippen LogP contribution in [0.3, 0.4) is 0 Å². The molecule has 1 unspecified atom stereocenters. The number of carbonyl (C=O) groups excluding carboxylic acids is 2. The summed E-state index contributed by atoms with van der Waals surface area (Å²) in [5.41, 5.74) is 1.81. The van der Waals surface area contributed by atoms with Gasteiger partial charge in [0.2, 0.25) is 11.8 Å². The van der Waals surface area contributed by atoms with Gasteiger partial charge >= 0.3 is 0 Å². The van der Waals surface area contributed by atoms with E-state index < -0.39 is 0 Å². The lowest BCUT2D eigenvalue weighted by Gasteiger charge is -2.11. The van der Waals surface area contributed by atoms with E-state index in [1.807, 2.05) is 38.1 Å². The minimum atomic E-state index is -0.0386. The van der Waals surface area contributed by atoms with E-state index in [4.69, 9.17) is 0 Å². The monoisotopic (exact) mass is 353 g/mol. The third-order valence-corrected chi connectivity index (χ3v) is 4.12. The highest BCUT2D eigenvalue weighted by Crippen LogP contribution is 2.12. The Morgan fingerprint density at radius 2 is 1.96 bits per heavy atom. The average molecular weight is 354 g/mol. The van der Waals surface area contributed by atoms with Gasteiger partial charge in [0.15, 0.2) is 0 Å². The van der Waals surface area contributed by atoms with Gasteiger partial charge < -0.3 is 16.0 Å². The lowest BCUT2D eigenvalue weighted by molar-refractivity contribution is -0.121. The van der Waals surface area contributed by atoms with Crippen LogP contribution >= 0.6 is 12.4 Å². The number of hydrogen-bond donors (Lipinski definition) is 3. The van der Waals surface area contributed by atoms with Crippen LogP contribution in [0.25, 0.3) is 0 Å². The Labute approximate surface area is 150 Å². The summed E-state index contributed by atoms with van der Waals surface area (Å²) in [4.78, 5) is 23.5. The average Bonchev–Trinajstić information content (AvgIpc) is 3.05. The highest BCUT2D eigenvalue weighted by Gasteiger charge is 2.15. The van der Waals surface area contributed by atoms with Gasteiger partial charge in [-0.25, -0.2) is 0 Å². The molecule has 0 saturated carbocycles. The summed E-state index contributed by atoms with van der Waals surface area (Å²) in [5.74, 6) is 0.0609.